The van der Waals surface area contributed by atoms with Crippen molar-refractivity contribution in [1.29, 1.82) is 0 Å². The third kappa shape index (κ3) is 1.38. The molecule has 1 unspecified atom stereocenters. The van der Waals surface area contributed by atoms with E-state index in [1.54, 1.807) is 0 Å². The maximum absolute atomic E-state index is 11.2. The van der Waals surface area contributed by atoms with E-state index in [1.165, 1.54) is 0 Å². The third-order valence-corrected chi connectivity index (χ3v) is 3.32. The Hall–Kier alpha value is 0.160. The average molecular weight is 266 g/mol. The normalized spacial score (nSPS) is 32.6. The summed E-state index contributed by atoms with van der Waals surface area (Å²) in [5.74, 6) is 0.361. The summed E-state index contributed by atoms with van der Waals surface area (Å²) < 4.78 is 2.28. The quantitative estimate of drug-likeness (QED) is 0.474. The zero-order valence-corrected chi connectivity index (χ0v) is 8.45. The van der Waals surface area contributed by atoms with Crippen LogP contribution in [0, 0.1) is 0 Å². The van der Waals surface area contributed by atoms with Gasteiger partial charge in [-0.25, -0.2) is 3.11 Å². The Morgan fingerprint density at radius 3 is 3.09 bits per heavy atom. The van der Waals surface area contributed by atoms with Gasteiger partial charge >= 0.3 is 0 Å². The monoisotopic (exact) mass is 266 g/mol. The molecule has 2 fully saturated rings. The van der Waals surface area contributed by atoms with E-state index in [9.17, 15) is 4.79 Å². The van der Waals surface area contributed by atoms with Crippen molar-refractivity contribution in [1.82, 2.24) is 8.01 Å². The summed E-state index contributed by atoms with van der Waals surface area (Å²) in [6.45, 7) is 3.03. The van der Waals surface area contributed by atoms with Crippen LogP contribution in [0.15, 0.2) is 0 Å². The van der Waals surface area contributed by atoms with Crippen LogP contribution in [-0.4, -0.2) is 39.6 Å². The minimum Gasteiger partial charge on any atom is -0.337 e. The van der Waals surface area contributed by atoms with Crippen molar-refractivity contribution in [2.24, 2.45) is 0 Å². The number of hydrogen-bond donors (Lipinski definition) is 0. The molecule has 3 nitrogen and oxygen atoms in total. The van der Waals surface area contributed by atoms with Crippen molar-refractivity contribution in [3.8, 4) is 0 Å². The third-order valence-electron chi connectivity index (χ3n) is 2.44. The zero-order chi connectivity index (χ0) is 7.84. The molecular weight excluding hydrogens is 255 g/mol. The molecule has 0 bridgehead atoms. The molecular formula is C7H11IN2O. The molecule has 2 saturated heterocycles. The Morgan fingerprint density at radius 1 is 1.45 bits per heavy atom. The predicted molar refractivity (Wildman–Crippen MR) is 50.3 cm³/mol. The molecule has 0 N–H and O–H groups in total. The lowest BCUT2D eigenvalue weighted by molar-refractivity contribution is -0.129. The van der Waals surface area contributed by atoms with Gasteiger partial charge < -0.3 is 4.90 Å². The molecule has 2 aliphatic heterocycles. The van der Waals surface area contributed by atoms with Crippen molar-refractivity contribution < 1.29 is 4.79 Å². The van der Waals surface area contributed by atoms with Crippen molar-refractivity contribution in [3.05, 3.63) is 0 Å². The van der Waals surface area contributed by atoms with E-state index in [4.69, 9.17) is 0 Å². The fraction of sp³-hybridized carbons (Fsp3) is 0.857. The summed E-state index contributed by atoms with van der Waals surface area (Å²) in [5.41, 5.74) is 0. The summed E-state index contributed by atoms with van der Waals surface area (Å²) in [7, 11) is 0. The Bertz CT molecular complexity index is 185. The van der Waals surface area contributed by atoms with E-state index >= 15 is 0 Å². The maximum atomic E-state index is 11.2. The van der Waals surface area contributed by atoms with Gasteiger partial charge in [-0.3, -0.25) is 4.79 Å². The minimum absolute atomic E-state index is 0.361. The zero-order valence-electron chi connectivity index (χ0n) is 6.29. The van der Waals surface area contributed by atoms with Crippen molar-refractivity contribution in [3.63, 3.8) is 0 Å². The van der Waals surface area contributed by atoms with Gasteiger partial charge in [-0.2, -0.15) is 0 Å². The van der Waals surface area contributed by atoms with Crippen LogP contribution in [0.3, 0.4) is 0 Å². The molecule has 1 atom stereocenters. The largest absolute Gasteiger partial charge is 0.337 e. The van der Waals surface area contributed by atoms with Crippen LogP contribution in [0.5, 0.6) is 0 Å². The number of hydrogen-bond acceptors (Lipinski definition) is 2. The number of carbonyl (C=O) groups excluding carboxylic acids is 1. The Kier molecular flexibility index (Phi) is 2.05. The van der Waals surface area contributed by atoms with Crippen molar-refractivity contribution in [2.75, 3.05) is 19.6 Å². The number of carbonyl (C=O) groups is 1. The molecule has 2 heterocycles. The van der Waals surface area contributed by atoms with E-state index in [2.05, 4.69) is 26.0 Å². The molecule has 1 amide bonds. The molecule has 4 heteroatoms. The highest BCUT2D eigenvalue weighted by Crippen LogP contribution is 2.23. The smallest absolute Gasteiger partial charge is 0.222 e. The highest BCUT2D eigenvalue weighted by atomic mass is 127. The summed E-state index contributed by atoms with van der Waals surface area (Å²) >= 11 is 2.34. The van der Waals surface area contributed by atoms with Crippen LogP contribution in [0.4, 0.5) is 0 Å². The topological polar surface area (TPSA) is 23.6 Å². The van der Waals surface area contributed by atoms with E-state index in [0.29, 0.717) is 11.9 Å². The highest BCUT2D eigenvalue weighted by Gasteiger charge is 2.34. The number of nitrogens with zero attached hydrogens (tertiary/aromatic N) is 2. The molecule has 0 radical (unpaired) electrons. The van der Waals surface area contributed by atoms with E-state index < -0.39 is 0 Å². The summed E-state index contributed by atoms with van der Waals surface area (Å²) in [5, 5.41) is 0. The first kappa shape index (κ1) is 7.79. The first-order chi connectivity index (χ1) is 5.27. The lowest BCUT2D eigenvalue weighted by Gasteiger charge is -2.34. The molecule has 0 saturated carbocycles. The van der Waals surface area contributed by atoms with Crippen LogP contribution in [-0.2, 0) is 4.79 Å². The number of piperazine rings is 1. The fourth-order valence-corrected chi connectivity index (χ4v) is 2.50. The average Bonchev–Trinajstić information content (AvgIpc) is 2.32. The number of rotatable bonds is 0. The second-order valence-corrected chi connectivity index (χ2v) is 4.51. The highest BCUT2D eigenvalue weighted by molar-refractivity contribution is 14.1. The molecule has 0 aromatic rings. The molecule has 0 aromatic heterocycles. The number of halogens is 1. The Morgan fingerprint density at radius 2 is 2.27 bits per heavy atom. The molecule has 0 aromatic carbocycles. The Labute approximate surface area is 80.2 Å². The molecule has 62 valence electrons. The first-order valence-electron chi connectivity index (χ1n) is 3.97. The van der Waals surface area contributed by atoms with Gasteiger partial charge in [0.15, 0.2) is 0 Å². The summed E-state index contributed by atoms with van der Waals surface area (Å²) in [6, 6.07) is 0.521. The van der Waals surface area contributed by atoms with E-state index in [0.717, 1.165) is 32.5 Å². The molecule has 2 aliphatic rings. The van der Waals surface area contributed by atoms with Gasteiger partial charge in [0.25, 0.3) is 0 Å². The summed E-state index contributed by atoms with van der Waals surface area (Å²) in [4.78, 5) is 13.3. The van der Waals surface area contributed by atoms with Gasteiger partial charge in [0.2, 0.25) is 5.91 Å². The van der Waals surface area contributed by atoms with Crippen LogP contribution >= 0.6 is 22.9 Å². The maximum Gasteiger partial charge on any atom is 0.222 e. The van der Waals surface area contributed by atoms with Crippen molar-refractivity contribution in [2.45, 2.75) is 18.9 Å². The second kappa shape index (κ2) is 2.90. The van der Waals surface area contributed by atoms with Gasteiger partial charge in [0.1, 0.15) is 0 Å². The van der Waals surface area contributed by atoms with Crippen LogP contribution in [0.2, 0.25) is 0 Å². The second-order valence-electron chi connectivity index (χ2n) is 3.15. The Balaban J connectivity index is 2.06. The van der Waals surface area contributed by atoms with Gasteiger partial charge in [-0.05, 0) is 6.42 Å². The standard InChI is InChI=1S/C7H11IN2O/c8-9-3-4-10-6(5-9)1-2-7(10)11/h6H,1-5H2. The van der Waals surface area contributed by atoms with E-state index in [1.807, 2.05) is 4.90 Å². The van der Waals surface area contributed by atoms with Crippen LogP contribution in [0.25, 0.3) is 0 Å². The SMILES string of the molecule is O=C1CCC2CN(I)CCN12. The van der Waals surface area contributed by atoms with Crippen LogP contribution < -0.4 is 0 Å². The lowest BCUT2D eigenvalue weighted by atomic mass is 10.2. The number of amides is 1. The lowest BCUT2D eigenvalue weighted by Crippen LogP contribution is -2.47. The van der Waals surface area contributed by atoms with Gasteiger partial charge in [-0.1, -0.05) is 0 Å². The van der Waals surface area contributed by atoms with Crippen molar-refractivity contribution >= 4 is 28.8 Å². The first-order valence-corrected chi connectivity index (χ1v) is 4.94. The summed E-state index contributed by atoms with van der Waals surface area (Å²) in [6.07, 6.45) is 1.84. The fourth-order valence-electron chi connectivity index (χ4n) is 1.83. The van der Waals surface area contributed by atoms with E-state index in [-0.39, 0.29) is 0 Å². The van der Waals surface area contributed by atoms with Gasteiger partial charge in [0.05, 0.1) is 0 Å². The molecule has 2 rings (SSSR count). The van der Waals surface area contributed by atoms with Crippen LogP contribution in [0.1, 0.15) is 12.8 Å². The minimum atomic E-state index is 0.361. The van der Waals surface area contributed by atoms with Gasteiger partial charge in [0, 0.05) is 55.0 Å². The molecule has 0 aliphatic carbocycles. The predicted octanol–water partition coefficient (Wildman–Crippen LogP) is 0.643. The molecule has 11 heavy (non-hydrogen) atoms. The van der Waals surface area contributed by atoms with Gasteiger partial charge in [-0.15, -0.1) is 0 Å². The molecule has 0 spiro atoms. The number of fused-ring (bicyclic) bond motifs is 1.